The lowest BCUT2D eigenvalue weighted by molar-refractivity contribution is -0.140. The molecule has 0 radical (unpaired) electrons. The highest BCUT2D eigenvalue weighted by molar-refractivity contribution is 7.92. The lowest BCUT2D eigenvalue weighted by Crippen LogP contribution is -2.54. The van der Waals surface area contributed by atoms with Crippen molar-refractivity contribution in [3.63, 3.8) is 0 Å². The Balaban J connectivity index is 1.82. The predicted molar refractivity (Wildman–Crippen MR) is 183 cm³/mol. The fourth-order valence-electron chi connectivity index (χ4n) is 5.01. The quantitative estimate of drug-likeness (QED) is 0.169. The molecule has 0 unspecified atom stereocenters. The molecule has 0 aliphatic heterocycles. The monoisotopic (exact) mass is 661 g/mol. The lowest BCUT2D eigenvalue weighted by atomic mass is 10.0. The van der Waals surface area contributed by atoms with Gasteiger partial charge in [0.1, 0.15) is 18.3 Å². The summed E-state index contributed by atoms with van der Waals surface area (Å²) in [5.41, 5.74) is 2.74. The van der Waals surface area contributed by atoms with E-state index in [1.807, 2.05) is 69.3 Å². The van der Waals surface area contributed by atoms with Crippen molar-refractivity contribution in [1.29, 1.82) is 0 Å². The first kappa shape index (κ1) is 34.5. The number of amides is 2. The Morgan fingerprint density at radius 2 is 1.57 bits per heavy atom. The van der Waals surface area contributed by atoms with E-state index in [-0.39, 0.29) is 29.8 Å². The van der Waals surface area contributed by atoms with Crippen molar-refractivity contribution in [3.8, 4) is 5.75 Å². The maximum Gasteiger partial charge on any atom is 0.264 e. The fraction of sp³-hybridized carbons (Fsp3) is 0.278. The zero-order valence-electron chi connectivity index (χ0n) is 26.5. The topological polar surface area (TPSA) is 96.0 Å². The van der Waals surface area contributed by atoms with Crippen molar-refractivity contribution in [2.24, 2.45) is 0 Å². The highest BCUT2D eigenvalue weighted by Crippen LogP contribution is 2.27. The molecule has 0 heterocycles. The van der Waals surface area contributed by atoms with Crippen LogP contribution in [0.2, 0.25) is 5.02 Å². The maximum atomic E-state index is 14.6. The van der Waals surface area contributed by atoms with Crippen LogP contribution in [0.5, 0.6) is 5.75 Å². The van der Waals surface area contributed by atoms with Gasteiger partial charge in [0, 0.05) is 24.0 Å². The molecule has 4 aromatic carbocycles. The van der Waals surface area contributed by atoms with Gasteiger partial charge in [0.25, 0.3) is 10.0 Å². The van der Waals surface area contributed by atoms with Crippen LogP contribution in [-0.4, -0.2) is 50.9 Å². The summed E-state index contributed by atoms with van der Waals surface area (Å²) in [6, 6.07) is 28.4. The van der Waals surface area contributed by atoms with Crippen molar-refractivity contribution in [2.45, 2.75) is 57.1 Å². The third kappa shape index (κ3) is 8.89. The molecule has 0 aliphatic carbocycles. The summed E-state index contributed by atoms with van der Waals surface area (Å²) in [6.45, 7) is 5.23. The van der Waals surface area contributed by atoms with Gasteiger partial charge >= 0.3 is 0 Å². The van der Waals surface area contributed by atoms with Crippen LogP contribution < -0.4 is 14.4 Å². The first-order valence-corrected chi connectivity index (χ1v) is 16.9. The van der Waals surface area contributed by atoms with Gasteiger partial charge in [0.2, 0.25) is 11.8 Å². The van der Waals surface area contributed by atoms with Crippen molar-refractivity contribution in [1.82, 2.24) is 10.2 Å². The van der Waals surface area contributed by atoms with E-state index in [1.54, 1.807) is 37.4 Å². The summed E-state index contributed by atoms with van der Waals surface area (Å²) in [7, 11) is -2.66. The van der Waals surface area contributed by atoms with E-state index in [0.717, 1.165) is 21.0 Å². The van der Waals surface area contributed by atoms with Crippen LogP contribution in [0.25, 0.3) is 0 Å². The van der Waals surface area contributed by atoms with Crippen LogP contribution >= 0.6 is 11.6 Å². The number of nitrogens with zero attached hydrogens (tertiary/aromatic N) is 2. The number of rotatable bonds is 14. The van der Waals surface area contributed by atoms with Crippen molar-refractivity contribution < 1.29 is 22.7 Å². The third-order valence-corrected chi connectivity index (χ3v) is 9.77. The van der Waals surface area contributed by atoms with Crippen LogP contribution in [0.15, 0.2) is 108 Å². The molecule has 4 aromatic rings. The minimum Gasteiger partial charge on any atom is -0.497 e. The number of nitrogens with one attached hydrogen (secondary N) is 1. The number of halogens is 1. The summed E-state index contributed by atoms with van der Waals surface area (Å²) >= 11 is 6.06. The van der Waals surface area contributed by atoms with Gasteiger partial charge in [0.15, 0.2) is 0 Å². The van der Waals surface area contributed by atoms with Gasteiger partial charge in [-0.25, -0.2) is 8.42 Å². The highest BCUT2D eigenvalue weighted by atomic mass is 35.5. The highest BCUT2D eigenvalue weighted by Gasteiger charge is 2.35. The molecule has 0 saturated carbocycles. The number of sulfonamides is 1. The molecule has 0 aliphatic rings. The van der Waals surface area contributed by atoms with Gasteiger partial charge in [-0.3, -0.25) is 13.9 Å². The van der Waals surface area contributed by atoms with E-state index in [1.165, 1.54) is 29.2 Å². The van der Waals surface area contributed by atoms with Crippen LogP contribution in [0.1, 0.15) is 37.0 Å². The Bertz CT molecular complexity index is 1730. The predicted octanol–water partition coefficient (Wildman–Crippen LogP) is 6.41. The minimum atomic E-state index is -4.22. The molecule has 0 aromatic heterocycles. The Morgan fingerprint density at radius 3 is 2.22 bits per heavy atom. The number of methoxy groups -OCH3 is 1. The van der Waals surface area contributed by atoms with Gasteiger partial charge in [-0.1, -0.05) is 73.1 Å². The molecule has 2 atom stereocenters. The number of hydrogen-bond donors (Lipinski definition) is 1. The van der Waals surface area contributed by atoms with E-state index in [0.29, 0.717) is 22.9 Å². The van der Waals surface area contributed by atoms with E-state index in [2.05, 4.69) is 5.32 Å². The SMILES string of the molecule is CC[C@H](C)NC(=O)[C@@H](Cc1ccccc1)N(Cc1cccc(OC)c1)C(=O)CN(c1cccc(C)c1)S(=O)(=O)c1ccc(Cl)cc1. The minimum absolute atomic E-state index is 0.0131. The first-order valence-electron chi connectivity index (χ1n) is 15.1. The van der Waals surface area contributed by atoms with Gasteiger partial charge in [-0.15, -0.1) is 0 Å². The number of benzene rings is 4. The molecule has 46 heavy (non-hydrogen) atoms. The number of aryl methyl sites for hydroxylation is 1. The Kier molecular flexibility index (Phi) is 11.8. The van der Waals surface area contributed by atoms with Gasteiger partial charge in [-0.2, -0.15) is 0 Å². The largest absolute Gasteiger partial charge is 0.497 e. The number of carbonyl (C=O) groups is 2. The van der Waals surface area contributed by atoms with Crippen molar-refractivity contribution >= 4 is 39.1 Å². The number of ether oxygens (including phenoxy) is 1. The molecule has 242 valence electrons. The number of carbonyl (C=O) groups excluding carboxylic acids is 2. The smallest absolute Gasteiger partial charge is 0.264 e. The Hall–Kier alpha value is -4.34. The van der Waals surface area contributed by atoms with E-state index < -0.39 is 28.5 Å². The Labute approximate surface area is 277 Å². The molecule has 1 N–H and O–H groups in total. The number of anilines is 1. The summed E-state index contributed by atoms with van der Waals surface area (Å²) < 4.78 is 34.8. The molecule has 0 bridgehead atoms. The van der Waals surface area contributed by atoms with Crippen molar-refractivity contribution in [2.75, 3.05) is 18.0 Å². The van der Waals surface area contributed by atoms with Crippen LogP contribution in [0.4, 0.5) is 5.69 Å². The normalized spacial score (nSPS) is 12.5. The molecule has 8 nitrogen and oxygen atoms in total. The summed E-state index contributed by atoms with van der Waals surface area (Å²) in [5.74, 6) is -0.264. The Morgan fingerprint density at radius 1 is 0.891 bits per heavy atom. The molecule has 10 heteroatoms. The summed E-state index contributed by atoms with van der Waals surface area (Å²) in [5, 5.41) is 3.43. The summed E-state index contributed by atoms with van der Waals surface area (Å²) in [4.78, 5) is 30.0. The first-order chi connectivity index (χ1) is 22.0. The average molecular weight is 662 g/mol. The standard InChI is InChI=1S/C36H40ClN3O5S/c1-5-27(3)38-36(42)34(23-28-12-7-6-8-13-28)39(24-29-14-10-16-32(22-29)45-4)35(41)25-40(31-15-9-11-26(2)21-31)46(43,44)33-19-17-30(37)18-20-33/h6-22,27,34H,5,23-25H2,1-4H3,(H,38,42)/t27-,34+/m0/s1. The fourth-order valence-corrected chi connectivity index (χ4v) is 6.54. The molecular formula is C36H40ClN3O5S. The zero-order valence-corrected chi connectivity index (χ0v) is 28.1. The second-order valence-electron chi connectivity index (χ2n) is 11.2. The second-order valence-corrected chi connectivity index (χ2v) is 13.5. The van der Waals surface area contributed by atoms with E-state index >= 15 is 0 Å². The van der Waals surface area contributed by atoms with E-state index in [9.17, 15) is 18.0 Å². The molecule has 0 fully saturated rings. The van der Waals surface area contributed by atoms with Gasteiger partial charge in [-0.05, 0) is 85.5 Å². The number of hydrogen-bond acceptors (Lipinski definition) is 5. The van der Waals surface area contributed by atoms with Crippen LogP contribution in [0.3, 0.4) is 0 Å². The van der Waals surface area contributed by atoms with E-state index in [4.69, 9.17) is 16.3 Å². The van der Waals surface area contributed by atoms with Crippen LogP contribution in [0, 0.1) is 6.92 Å². The second kappa shape index (κ2) is 15.8. The van der Waals surface area contributed by atoms with Crippen LogP contribution in [-0.2, 0) is 32.6 Å². The van der Waals surface area contributed by atoms with Gasteiger partial charge in [0.05, 0.1) is 17.7 Å². The third-order valence-electron chi connectivity index (χ3n) is 7.73. The van der Waals surface area contributed by atoms with Crippen molar-refractivity contribution in [3.05, 3.63) is 125 Å². The van der Waals surface area contributed by atoms with Gasteiger partial charge < -0.3 is 15.0 Å². The molecule has 0 spiro atoms. The molecule has 2 amide bonds. The lowest BCUT2D eigenvalue weighted by Gasteiger charge is -2.34. The maximum absolute atomic E-state index is 14.6. The average Bonchev–Trinajstić information content (AvgIpc) is 3.05. The molecular weight excluding hydrogens is 622 g/mol. The molecule has 0 saturated heterocycles. The molecule has 4 rings (SSSR count). The summed E-state index contributed by atoms with van der Waals surface area (Å²) in [6.07, 6.45) is 0.932. The zero-order chi connectivity index (χ0) is 33.3.